The highest BCUT2D eigenvalue weighted by atomic mass is 32.2. The summed E-state index contributed by atoms with van der Waals surface area (Å²) in [6.07, 6.45) is -1.79. The van der Waals surface area contributed by atoms with E-state index in [0.717, 1.165) is 4.68 Å². The zero-order valence-corrected chi connectivity index (χ0v) is 13.3. The Bertz CT molecular complexity index is 900. The van der Waals surface area contributed by atoms with E-state index in [1.165, 1.54) is 26.2 Å². The summed E-state index contributed by atoms with van der Waals surface area (Å²) >= 11 is 0. The molecular weight excluding hydrogens is 328 g/mol. The minimum atomic E-state index is -4.32. The first-order valence-corrected chi connectivity index (χ1v) is 7.87. The number of nitrogens with zero attached hydrogens (tertiary/aromatic N) is 4. The first-order chi connectivity index (χ1) is 10.7. The summed E-state index contributed by atoms with van der Waals surface area (Å²) in [5.74, 6) is -0.0388. The molecule has 7 nitrogen and oxygen atoms in total. The van der Waals surface area contributed by atoms with Crippen LogP contribution in [0, 0.1) is 25.2 Å². The van der Waals surface area contributed by atoms with Gasteiger partial charge in [0.05, 0.1) is 16.8 Å². The number of alkyl halides is 2. The number of sulfonamides is 1. The van der Waals surface area contributed by atoms with Gasteiger partial charge in [-0.05, 0) is 25.5 Å². The van der Waals surface area contributed by atoms with E-state index in [-0.39, 0.29) is 17.1 Å². The van der Waals surface area contributed by atoms with Gasteiger partial charge in [-0.3, -0.25) is 9.40 Å². The van der Waals surface area contributed by atoms with Crippen LogP contribution in [0.5, 0.6) is 0 Å². The van der Waals surface area contributed by atoms with Crippen molar-refractivity contribution in [2.45, 2.75) is 25.3 Å². The lowest BCUT2D eigenvalue weighted by Gasteiger charge is -2.11. The van der Waals surface area contributed by atoms with Crippen LogP contribution in [0.4, 0.5) is 14.6 Å². The number of nitriles is 1. The van der Waals surface area contributed by atoms with Crippen molar-refractivity contribution in [3.8, 4) is 6.07 Å². The van der Waals surface area contributed by atoms with Crippen LogP contribution in [0.3, 0.4) is 0 Å². The summed E-state index contributed by atoms with van der Waals surface area (Å²) in [6, 6.07) is 3.31. The molecule has 2 rings (SSSR count). The molecule has 2 aromatic heterocycles. The normalized spacial score (nSPS) is 11.5. The van der Waals surface area contributed by atoms with Crippen LogP contribution in [0.25, 0.3) is 0 Å². The minimum Gasteiger partial charge on any atom is -0.262 e. The highest BCUT2D eigenvalue weighted by Gasteiger charge is 2.31. The van der Waals surface area contributed by atoms with Crippen LogP contribution < -0.4 is 4.72 Å². The van der Waals surface area contributed by atoms with Gasteiger partial charge in [-0.15, -0.1) is 0 Å². The number of aromatic nitrogens is 3. The van der Waals surface area contributed by atoms with Crippen molar-refractivity contribution >= 4 is 15.8 Å². The third-order valence-corrected chi connectivity index (χ3v) is 4.58. The molecule has 0 bridgehead atoms. The van der Waals surface area contributed by atoms with Gasteiger partial charge in [0.15, 0.2) is 5.03 Å². The molecule has 0 aromatic carbocycles. The SMILES string of the molecule is Cc1cc(C#N)cnc1NS(=O)(=O)c1c(C(F)F)c(C)nn1C. The minimum absolute atomic E-state index is 0.0388. The Labute approximate surface area is 131 Å². The van der Waals surface area contributed by atoms with E-state index >= 15 is 0 Å². The zero-order chi connectivity index (χ0) is 17.4. The average molecular weight is 341 g/mol. The lowest BCUT2D eigenvalue weighted by atomic mass is 10.2. The monoisotopic (exact) mass is 341 g/mol. The van der Waals surface area contributed by atoms with E-state index in [9.17, 15) is 17.2 Å². The fourth-order valence-corrected chi connectivity index (χ4v) is 3.62. The summed E-state index contributed by atoms with van der Waals surface area (Å²) in [7, 11) is -3.05. The first kappa shape index (κ1) is 16.8. The summed E-state index contributed by atoms with van der Waals surface area (Å²) < 4.78 is 54.3. The largest absolute Gasteiger partial charge is 0.280 e. The van der Waals surface area contributed by atoms with Crippen LogP contribution in [0.1, 0.15) is 28.8 Å². The van der Waals surface area contributed by atoms with Crippen molar-refractivity contribution in [2.75, 3.05) is 4.72 Å². The molecule has 0 saturated heterocycles. The van der Waals surface area contributed by atoms with Crippen LogP contribution in [0.2, 0.25) is 0 Å². The lowest BCUT2D eigenvalue weighted by molar-refractivity contribution is 0.146. The lowest BCUT2D eigenvalue weighted by Crippen LogP contribution is -2.19. The van der Waals surface area contributed by atoms with Crippen LogP contribution in [-0.4, -0.2) is 23.2 Å². The predicted octanol–water partition coefficient (Wildman–Crippen LogP) is 2.04. The Morgan fingerprint density at radius 2 is 2.04 bits per heavy atom. The van der Waals surface area contributed by atoms with Gasteiger partial charge in [0, 0.05) is 13.2 Å². The van der Waals surface area contributed by atoms with E-state index in [2.05, 4.69) is 14.8 Å². The van der Waals surface area contributed by atoms with Gasteiger partial charge in [-0.25, -0.2) is 13.8 Å². The maximum Gasteiger partial charge on any atom is 0.280 e. The molecule has 0 unspecified atom stereocenters. The van der Waals surface area contributed by atoms with Crippen LogP contribution >= 0.6 is 0 Å². The summed E-state index contributed by atoms with van der Waals surface area (Å²) in [6.45, 7) is 2.86. The molecule has 2 heterocycles. The molecule has 0 aliphatic heterocycles. The third-order valence-electron chi connectivity index (χ3n) is 3.13. The van der Waals surface area contributed by atoms with Crippen molar-refractivity contribution in [3.05, 3.63) is 34.6 Å². The van der Waals surface area contributed by atoms with Crippen LogP contribution in [0.15, 0.2) is 17.3 Å². The molecule has 0 radical (unpaired) electrons. The van der Waals surface area contributed by atoms with Crippen molar-refractivity contribution in [3.63, 3.8) is 0 Å². The summed E-state index contributed by atoms with van der Waals surface area (Å²) in [4.78, 5) is 3.84. The number of nitrogens with one attached hydrogen (secondary N) is 1. The zero-order valence-electron chi connectivity index (χ0n) is 12.5. The van der Waals surface area contributed by atoms with Gasteiger partial charge in [-0.2, -0.15) is 18.8 Å². The molecular formula is C13H13F2N5O2S. The third kappa shape index (κ3) is 3.14. The molecule has 1 N–H and O–H groups in total. The number of halogens is 2. The summed E-state index contributed by atoms with van der Waals surface area (Å²) in [5, 5.41) is 11.9. The van der Waals surface area contributed by atoms with Gasteiger partial charge >= 0.3 is 0 Å². The highest BCUT2D eigenvalue weighted by molar-refractivity contribution is 7.92. The number of rotatable bonds is 4. The smallest absolute Gasteiger partial charge is 0.262 e. The van der Waals surface area contributed by atoms with E-state index in [0.29, 0.717) is 5.56 Å². The average Bonchev–Trinajstić information content (AvgIpc) is 2.76. The fraction of sp³-hybridized carbons (Fsp3) is 0.308. The van der Waals surface area contributed by atoms with Crippen molar-refractivity contribution in [1.82, 2.24) is 14.8 Å². The quantitative estimate of drug-likeness (QED) is 0.917. The van der Waals surface area contributed by atoms with Gasteiger partial charge < -0.3 is 0 Å². The fourth-order valence-electron chi connectivity index (χ4n) is 2.14. The molecule has 23 heavy (non-hydrogen) atoms. The molecule has 0 aliphatic rings. The second-order valence-corrected chi connectivity index (χ2v) is 6.43. The highest BCUT2D eigenvalue weighted by Crippen LogP contribution is 2.30. The van der Waals surface area contributed by atoms with Crippen molar-refractivity contribution in [2.24, 2.45) is 7.05 Å². The van der Waals surface area contributed by atoms with Gasteiger partial charge in [0.1, 0.15) is 11.9 Å². The Hall–Kier alpha value is -2.54. The number of hydrogen-bond acceptors (Lipinski definition) is 5. The number of pyridine rings is 1. The Kier molecular flexibility index (Phi) is 4.33. The van der Waals surface area contributed by atoms with Gasteiger partial charge in [-0.1, -0.05) is 0 Å². The van der Waals surface area contributed by atoms with Gasteiger partial charge in [0.25, 0.3) is 16.4 Å². The predicted molar refractivity (Wildman–Crippen MR) is 77.4 cm³/mol. The number of anilines is 1. The number of hydrogen-bond donors (Lipinski definition) is 1. The van der Waals surface area contributed by atoms with E-state index < -0.39 is 27.0 Å². The molecule has 0 fully saturated rings. The number of aryl methyl sites for hydroxylation is 3. The second kappa shape index (κ2) is 5.92. The topological polar surface area (TPSA) is 101 Å². The maximum absolute atomic E-state index is 13.2. The molecule has 10 heteroatoms. The first-order valence-electron chi connectivity index (χ1n) is 6.38. The van der Waals surface area contributed by atoms with E-state index in [1.54, 1.807) is 6.92 Å². The standard InChI is InChI=1S/C13H13F2N5O2S/c1-7-4-9(5-16)6-17-12(7)19-23(21,22)13-10(11(14)15)8(2)18-20(13)3/h4,6,11H,1-3H3,(H,17,19). The maximum atomic E-state index is 13.2. The molecule has 122 valence electrons. The van der Waals surface area contributed by atoms with Crippen LogP contribution in [-0.2, 0) is 17.1 Å². The molecule has 0 aliphatic carbocycles. The van der Waals surface area contributed by atoms with Gasteiger partial charge in [0.2, 0.25) is 0 Å². The Morgan fingerprint density at radius 1 is 1.39 bits per heavy atom. The molecule has 0 amide bonds. The Balaban J connectivity index is 2.51. The second-order valence-electron chi connectivity index (χ2n) is 4.84. The molecule has 0 spiro atoms. The van der Waals surface area contributed by atoms with Crippen molar-refractivity contribution in [1.29, 1.82) is 5.26 Å². The molecule has 0 atom stereocenters. The van der Waals surface area contributed by atoms with E-state index in [1.807, 2.05) is 6.07 Å². The van der Waals surface area contributed by atoms with E-state index in [4.69, 9.17) is 5.26 Å². The van der Waals surface area contributed by atoms with Crippen molar-refractivity contribution < 1.29 is 17.2 Å². The Morgan fingerprint density at radius 3 is 2.57 bits per heavy atom. The molecule has 2 aromatic rings. The summed E-state index contributed by atoms with van der Waals surface area (Å²) in [5.41, 5.74) is -0.0566. The molecule has 0 saturated carbocycles.